The van der Waals surface area contributed by atoms with Gasteiger partial charge in [0.25, 0.3) is 5.91 Å². The summed E-state index contributed by atoms with van der Waals surface area (Å²) in [6.07, 6.45) is 2.11. The summed E-state index contributed by atoms with van der Waals surface area (Å²) in [7, 11) is 1.83. The van der Waals surface area contributed by atoms with Gasteiger partial charge in [0, 0.05) is 24.5 Å². The molecule has 2 rings (SSSR count). The second-order valence-corrected chi connectivity index (χ2v) is 5.34. The average Bonchev–Trinajstić information content (AvgIpc) is 2.94. The molecule has 0 unspecified atom stereocenters. The molecule has 3 nitrogen and oxygen atoms in total. The number of nitrogens with zero attached hydrogens (tertiary/aromatic N) is 2. The van der Waals surface area contributed by atoms with Crippen LogP contribution in [0.15, 0.2) is 35.7 Å². The zero-order valence-corrected chi connectivity index (χ0v) is 12.1. The van der Waals surface area contributed by atoms with Crippen LogP contribution in [0.3, 0.4) is 0 Å². The number of hydrogen-bond donors (Lipinski definition) is 0. The molecule has 0 aliphatic heterocycles. The van der Waals surface area contributed by atoms with Crippen LogP contribution in [0.25, 0.3) is 10.6 Å². The SMILES string of the molecule is CCCCN(C)C(=O)c1csc(-c2ccccc2)n1. The molecule has 0 atom stereocenters. The normalized spacial score (nSPS) is 10.4. The Kier molecular flexibility index (Phi) is 4.68. The predicted octanol–water partition coefficient (Wildman–Crippen LogP) is 3.68. The van der Waals surface area contributed by atoms with Gasteiger partial charge in [0.2, 0.25) is 0 Å². The molecule has 0 fully saturated rings. The maximum absolute atomic E-state index is 12.2. The van der Waals surface area contributed by atoms with E-state index >= 15 is 0 Å². The molecule has 0 spiro atoms. The number of aromatic nitrogens is 1. The van der Waals surface area contributed by atoms with Crippen molar-refractivity contribution in [1.82, 2.24) is 9.88 Å². The molecule has 0 aliphatic rings. The molecule has 2 aromatic rings. The fourth-order valence-electron chi connectivity index (χ4n) is 1.78. The highest BCUT2D eigenvalue weighted by Gasteiger charge is 2.15. The molecule has 0 N–H and O–H groups in total. The second kappa shape index (κ2) is 6.48. The molecule has 0 saturated heterocycles. The van der Waals surface area contributed by atoms with Gasteiger partial charge in [-0.2, -0.15) is 0 Å². The van der Waals surface area contributed by atoms with Crippen molar-refractivity contribution in [3.8, 4) is 10.6 Å². The standard InChI is InChI=1S/C15H18N2OS/c1-3-4-10-17(2)15(18)13-11-19-14(16-13)12-8-6-5-7-9-12/h5-9,11H,3-4,10H2,1-2H3. The van der Waals surface area contributed by atoms with Gasteiger partial charge >= 0.3 is 0 Å². The fourth-order valence-corrected chi connectivity index (χ4v) is 2.58. The van der Waals surface area contributed by atoms with Crippen LogP contribution in [-0.4, -0.2) is 29.4 Å². The number of hydrogen-bond acceptors (Lipinski definition) is 3. The first-order valence-corrected chi connectivity index (χ1v) is 7.36. The minimum absolute atomic E-state index is 0.00637. The van der Waals surface area contributed by atoms with Gasteiger partial charge < -0.3 is 4.90 Å². The van der Waals surface area contributed by atoms with Crippen molar-refractivity contribution in [3.05, 3.63) is 41.4 Å². The lowest BCUT2D eigenvalue weighted by Crippen LogP contribution is -2.27. The lowest BCUT2D eigenvalue weighted by atomic mass is 10.2. The van der Waals surface area contributed by atoms with Crippen LogP contribution >= 0.6 is 11.3 Å². The second-order valence-electron chi connectivity index (χ2n) is 4.48. The number of benzene rings is 1. The van der Waals surface area contributed by atoms with E-state index in [2.05, 4.69) is 11.9 Å². The molecule has 0 radical (unpaired) electrons. The lowest BCUT2D eigenvalue weighted by molar-refractivity contribution is 0.0788. The van der Waals surface area contributed by atoms with Gasteiger partial charge in [-0.3, -0.25) is 4.79 Å². The lowest BCUT2D eigenvalue weighted by Gasteiger charge is -2.14. The van der Waals surface area contributed by atoms with E-state index in [4.69, 9.17) is 0 Å². The van der Waals surface area contributed by atoms with Crippen LogP contribution in [0.5, 0.6) is 0 Å². The van der Waals surface area contributed by atoms with Crippen LogP contribution in [0.4, 0.5) is 0 Å². The van der Waals surface area contributed by atoms with E-state index in [1.54, 1.807) is 4.90 Å². The Morgan fingerprint density at radius 3 is 2.74 bits per heavy atom. The maximum atomic E-state index is 12.2. The topological polar surface area (TPSA) is 33.2 Å². The van der Waals surface area contributed by atoms with Gasteiger partial charge in [-0.1, -0.05) is 43.7 Å². The first-order chi connectivity index (χ1) is 9.22. The summed E-state index contributed by atoms with van der Waals surface area (Å²) in [5.41, 5.74) is 1.60. The van der Waals surface area contributed by atoms with Crippen LogP contribution in [0.1, 0.15) is 30.3 Å². The summed E-state index contributed by atoms with van der Waals surface area (Å²) < 4.78 is 0. The van der Waals surface area contributed by atoms with Crippen LogP contribution in [-0.2, 0) is 0 Å². The monoisotopic (exact) mass is 274 g/mol. The number of carbonyl (C=O) groups excluding carboxylic acids is 1. The van der Waals surface area contributed by atoms with E-state index in [0.717, 1.165) is 30.0 Å². The number of rotatable bonds is 5. The summed E-state index contributed by atoms with van der Waals surface area (Å²) in [6.45, 7) is 2.90. The zero-order chi connectivity index (χ0) is 13.7. The maximum Gasteiger partial charge on any atom is 0.273 e. The van der Waals surface area contributed by atoms with Gasteiger partial charge in [0.05, 0.1) is 0 Å². The molecule has 1 aromatic heterocycles. The Balaban J connectivity index is 2.11. The molecule has 0 saturated carbocycles. The summed E-state index contributed by atoms with van der Waals surface area (Å²) in [5, 5.41) is 2.74. The van der Waals surface area contributed by atoms with Gasteiger partial charge in [0.15, 0.2) is 0 Å². The Bertz CT molecular complexity index is 536. The van der Waals surface area contributed by atoms with Crippen LogP contribution in [0.2, 0.25) is 0 Å². The predicted molar refractivity (Wildman–Crippen MR) is 79.4 cm³/mol. The molecule has 1 aromatic carbocycles. The van der Waals surface area contributed by atoms with Gasteiger partial charge in [0.1, 0.15) is 10.7 Å². The smallest absolute Gasteiger partial charge is 0.273 e. The van der Waals surface area contributed by atoms with E-state index in [9.17, 15) is 4.79 Å². The highest BCUT2D eigenvalue weighted by atomic mass is 32.1. The van der Waals surface area contributed by atoms with Crippen molar-refractivity contribution >= 4 is 17.2 Å². The number of amides is 1. The number of thiazole rings is 1. The van der Waals surface area contributed by atoms with Crippen molar-refractivity contribution in [2.75, 3.05) is 13.6 Å². The van der Waals surface area contributed by atoms with Crippen molar-refractivity contribution in [2.24, 2.45) is 0 Å². The summed E-state index contributed by atoms with van der Waals surface area (Å²) in [5.74, 6) is 0.00637. The molecule has 19 heavy (non-hydrogen) atoms. The molecular weight excluding hydrogens is 256 g/mol. The van der Waals surface area contributed by atoms with E-state index in [0.29, 0.717) is 5.69 Å². The van der Waals surface area contributed by atoms with Crippen LogP contribution < -0.4 is 0 Å². The largest absolute Gasteiger partial charge is 0.340 e. The van der Waals surface area contributed by atoms with Gasteiger partial charge in [-0.25, -0.2) is 4.98 Å². The molecule has 0 bridgehead atoms. The summed E-state index contributed by atoms with van der Waals surface area (Å²) in [6, 6.07) is 9.95. The minimum Gasteiger partial charge on any atom is -0.340 e. The Morgan fingerprint density at radius 1 is 1.32 bits per heavy atom. The van der Waals surface area contributed by atoms with Crippen molar-refractivity contribution in [2.45, 2.75) is 19.8 Å². The van der Waals surface area contributed by atoms with E-state index < -0.39 is 0 Å². The highest BCUT2D eigenvalue weighted by Crippen LogP contribution is 2.23. The zero-order valence-electron chi connectivity index (χ0n) is 11.3. The third-order valence-electron chi connectivity index (χ3n) is 2.94. The number of carbonyl (C=O) groups is 1. The minimum atomic E-state index is 0.00637. The first kappa shape index (κ1) is 13.7. The van der Waals surface area contributed by atoms with Gasteiger partial charge in [-0.15, -0.1) is 11.3 Å². The van der Waals surface area contributed by atoms with E-state index in [1.807, 2.05) is 42.8 Å². The van der Waals surface area contributed by atoms with E-state index in [1.165, 1.54) is 11.3 Å². The van der Waals surface area contributed by atoms with E-state index in [-0.39, 0.29) is 5.91 Å². The molecule has 1 amide bonds. The van der Waals surface area contributed by atoms with Gasteiger partial charge in [-0.05, 0) is 6.42 Å². The number of unbranched alkanes of at least 4 members (excludes halogenated alkanes) is 1. The molecule has 4 heteroatoms. The molecule has 1 heterocycles. The average molecular weight is 274 g/mol. The van der Waals surface area contributed by atoms with Crippen LogP contribution in [0, 0.1) is 0 Å². The van der Waals surface area contributed by atoms with Crippen molar-refractivity contribution < 1.29 is 4.79 Å². The molecule has 0 aliphatic carbocycles. The Hall–Kier alpha value is -1.68. The Morgan fingerprint density at radius 2 is 2.05 bits per heavy atom. The third-order valence-corrected chi connectivity index (χ3v) is 3.83. The summed E-state index contributed by atoms with van der Waals surface area (Å²) >= 11 is 1.51. The van der Waals surface area contributed by atoms with Crippen molar-refractivity contribution in [3.63, 3.8) is 0 Å². The molecular formula is C15H18N2OS. The highest BCUT2D eigenvalue weighted by molar-refractivity contribution is 7.13. The summed E-state index contributed by atoms with van der Waals surface area (Å²) in [4.78, 5) is 18.3. The van der Waals surface area contributed by atoms with Crippen molar-refractivity contribution in [1.29, 1.82) is 0 Å². The quantitative estimate of drug-likeness (QED) is 0.833. The Labute approximate surface area is 117 Å². The fraction of sp³-hybridized carbons (Fsp3) is 0.333. The third kappa shape index (κ3) is 3.41. The first-order valence-electron chi connectivity index (χ1n) is 6.48. The molecule has 100 valence electrons.